The molecule has 0 heterocycles. The summed E-state index contributed by atoms with van der Waals surface area (Å²) in [5.41, 5.74) is 13.5. The van der Waals surface area contributed by atoms with Gasteiger partial charge in [0.15, 0.2) is 0 Å². The van der Waals surface area contributed by atoms with Crippen molar-refractivity contribution in [3.05, 3.63) is 111 Å². The van der Waals surface area contributed by atoms with Gasteiger partial charge in [-0.1, -0.05) is 80.6 Å². The Hall–Kier alpha value is -2.60. The van der Waals surface area contributed by atoms with Crippen LogP contribution in [-0.2, 0) is 19.3 Å². The highest BCUT2D eigenvalue weighted by Gasteiger charge is 2.28. The summed E-state index contributed by atoms with van der Waals surface area (Å²) in [6, 6.07) is 14.5. The molecule has 1 atom stereocenters. The summed E-state index contributed by atoms with van der Waals surface area (Å²) in [7, 11) is 0. The maximum absolute atomic E-state index is 2.47. The summed E-state index contributed by atoms with van der Waals surface area (Å²) in [5.74, 6) is 2.94. The summed E-state index contributed by atoms with van der Waals surface area (Å²) in [6.45, 7) is 7.14. The van der Waals surface area contributed by atoms with Crippen molar-refractivity contribution < 1.29 is 0 Å². The smallest absolute Gasteiger partial charge is 0.0281 e. The van der Waals surface area contributed by atoms with Crippen LogP contribution in [-0.4, -0.2) is 0 Å². The van der Waals surface area contributed by atoms with Crippen LogP contribution in [0.15, 0.2) is 77.9 Å². The second kappa shape index (κ2) is 9.45. The van der Waals surface area contributed by atoms with Crippen molar-refractivity contribution in [2.45, 2.75) is 78.1 Å². The van der Waals surface area contributed by atoms with Gasteiger partial charge in [-0.3, -0.25) is 0 Å². The average Bonchev–Trinajstić information content (AvgIpc) is 3.54. The van der Waals surface area contributed by atoms with E-state index in [0.717, 1.165) is 24.2 Å². The van der Waals surface area contributed by atoms with Crippen molar-refractivity contribution in [1.29, 1.82) is 0 Å². The van der Waals surface area contributed by atoms with Gasteiger partial charge in [-0.05, 0) is 126 Å². The normalized spacial score (nSPS) is 25.3. The van der Waals surface area contributed by atoms with Gasteiger partial charge in [0.2, 0.25) is 0 Å². The molecule has 6 rings (SSSR count). The lowest BCUT2D eigenvalue weighted by Crippen LogP contribution is -2.18. The minimum absolute atomic E-state index is 0.408. The van der Waals surface area contributed by atoms with Gasteiger partial charge in [-0.2, -0.15) is 0 Å². The molecule has 0 N–H and O–H groups in total. The Labute approximate surface area is 212 Å². The summed E-state index contributed by atoms with van der Waals surface area (Å²) < 4.78 is 0. The van der Waals surface area contributed by atoms with Gasteiger partial charge in [0.05, 0.1) is 0 Å². The van der Waals surface area contributed by atoms with Gasteiger partial charge >= 0.3 is 0 Å². The van der Waals surface area contributed by atoms with Crippen LogP contribution in [0.5, 0.6) is 0 Å². The molecule has 0 aliphatic heterocycles. The van der Waals surface area contributed by atoms with E-state index in [1.54, 1.807) is 16.7 Å². The third-order valence-electron chi connectivity index (χ3n) is 9.40. The molecule has 1 saturated carbocycles. The molecule has 4 aliphatic rings. The highest BCUT2D eigenvalue weighted by Crippen LogP contribution is 2.43. The number of fused-ring (bicyclic) bond motifs is 2. The summed E-state index contributed by atoms with van der Waals surface area (Å²) in [5, 5.41) is 0. The minimum atomic E-state index is 0.408. The Bertz CT molecular complexity index is 1240. The van der Waals surface area contributed by atoms with Gasteiger partial charge < -0.3 is 0 Å². The minimum Gasteiger partial charge on any atom is -0.0726 e. The molecule has 2 aromatic rings. The number of rotatable bonds is 5. The zero-order valence-electron chi connectivity index (χ0n) is 21.8. The van der Waals surface area contributed by atoms with Gasteiger partial charge in [-0.25, -0.2) is 0 Å². The standard InChI is InChI=1S/C35H40/c1-23(2)26-11-14-28(15-12-26)32-18-10-25(20-24(32)3)21-30-17-19-34(35-9-5-8-33(30)35)31-16-13-27-6-4-7-29(27)22-31/h5,8-10,13,16-20,22-23,26,28,35H,4,6-7,11-12,14-15,21H2,1-3H3. The fourth-order valence-electron chi connectivity index (χ4n) is 7.26. The van der Waals surface area contributed by atoms with E-state index in [1.807, 2.05) is 0 Å². The molecule has 180 valence electrons. The third kappa shape index (κ3) is 4.42. The molecule has 0 amide bonds. The first-order chi connectivity index (χ1) is 17.1. The highest BCUT2D eigenvalue weighted by molar-refractivity contribution is 5.79. The SMILES string of the molecule is Cc1cc(CC2=CC=C(c3ccc4c(c3)CCC4)C3C=CC=C23)ccc1C1CCC(C(C)C)CC1. The van der Waals surface area contributed by atoms with E-state index in [-0.39, 0.29) is 0 Å². The maximum Gasteiger partial charge on any atom is 0.0281 e. The van der Waals surface area contributed by atoms with Crippen LogP contribution in [0.1, 0.15) is 85.3 Å². The number of aryl methyl sites for hydroxylation is 3. The van der Waals surface area contributed by atoms with Crippen molar-refractivity contribution in [1.82, 2.24) is 0 Å². The predicted molar refractivity (Wildman–Crippen MR) is 150 cm³/mol. The zero-order valence-corrected chi connectivity index (χ0v) is 21.8. The van der Waals surface area contributed by atoms with E-state index in [9.17, 15) is 0 Å². The molecule has 0 spiro atoms. The molecule has 1 unspecified atom stereocenters. The van der Waals surface area contributed by atoms with Crippen LogP contribution in [0, 0.1) is 24.7 Å². The Morgan fingerprint density at radius 2 is 1.66 bits per heavy atom. The molecule has 35 heavy (non-hydrogen) atoms. The number of allylic oxidation sites excluding steroid dienone is 8. The van der Waals surface area contributed by atoms with Gasteiger partial charge in [0.1, 0.15) is 0 Å². The molecular formula is C35H40. The van der Waals surface area contributed by atoms with Gasteiger partial charge in [0, 0.05) is 5.92 Å². The Balaban J connectivity index is 1.20. The van der Waals surface area contributed by atoms with Crippen molar-refractivity contribution in [3.63, 3.8) is 0 Å². The first-order valence-electron chi connectivity index (χ1n) is 14.1. The van der Waals surface area contributed by atoms with Crippen LogP contribution in [0.4, 0.5) is 0 Å². The van der Waals surface area contributed by atoms with Crippen LogP contribution >= 0.6 is 0 Å². The van der Waals surface area contributed by atoms with E-state index in [1.165, 1.54) is 78.4 Å². The van der Waals surface area contributed by atoms with Crippen molar-refractivity contribution in [3.8, 4) is 0 Å². The van der Waals surface area contributed by atoms with Crippen LogP contribution in [0.3, 0.4) is 0 Å². The van der Waals surface area contributed by atoms with E-state index in [4.69, 9.17) is 0 Å². The number of hydrogen-bond acceptors (Lipinski definition) is 0. The lowest BCUT2D eigenvalue weighted by molar-refractivity contribution is 0.258. The van der Waals surface area contributed by atoms with E-state index >= 15 is 0 Å². The molecule has 0 heteroatoms. The second-order valence-corrected chi connectivity index (χ2v) is 11.9. The van der Waals surface area contributed by atoms with Crippen LogP contribution in [0.25, 0.3) is 5.57 Å². The predicted octanol–water partition coefficient (Wildman–Crippen LogP) is 9.09. The summed E-state index contributed by atoms with van der Waals surface area (Å²) in [4.78, 5) is 0. The van der Waals surface area contributed by atoms with E-state index in [0.29, 0.717) is 5.92 Å². The lowest BCUT2D eigenvalue weighted by atomic mass is 9.74. The molecular weight excluding hydrogens is 420 g/mol. The molecule has 2 aromatic carbocycles. The molecule has 0 bridgehead atoms. The average molecular weight is 461 g/mol. The Morgan fingerprint density at radius 1 is 0.829 bits per heavy atom. The van der Waals surface area contributed by atoms with Crippen molar-refractivity contribution in [2.75, 3.05) is 0 Å². The van der Waals surface area contributed by atoms with E-state index < -0.39 is 0 Å². The third-order valence-corrected chi connectivity index (χ3v) is 9.40. The first kappa shape index (κ1) is 22.8. The summed E-state index contributed by atoms with van der Waals surface area (Å²) in [6.07, 6.45) is 22.2. The van der Waals surface area contributed by atoms with Gasteiger partial charge in [0.25, 0.3) is 0 Å². The van der Waals surface area contributed by atoms with Gasteiger partial charge in [-0.15, -0.1) is 0 Å². The molecule has 0 nitrogen and oxygen atoms in total. The zero-order chi connectivity index (χ0) is 23.9. The van der Waals surface area contributed by atoms with Crippen molar-refractivity contribution in [2.24, 2.45) is 17.8 Å². The number of benzene rings is 2. The van der Waals surface area contributed by atoms with Crippen LogP contribution < -0.4 is 0 Å². The largest absolute Gasteiger partial charge is 0.0726 e. The molecule has 0 radical (unpaired) electrons. The monoisotopic (exact) mass is 460 g/mol. The molecule has 0 aromatic heterocycles. The topological polar surface area (TPSA) is 0 Å². The van der Waals surface area contributed by atoms with Crippen molar-refractivity contribution >= 4 is 5.57 Å². The Morgan fingerprint density at radius 3 is 2.46 bits per heavy atom. The fraction of sp³-hybridized carbons (Fsp3) is 0.429. The van der Waals surface area contributed by atoms with E-state index in [2.05, 4.69) is 87.5 Å². The quantitative estimate of drug-likeness (QED) is 0.417. The first-order valence-corrected chi connectivity index (χ1v) is 14.1. The maximum atomic E-state index is 2.47. The number of hydrogen-bond donors (Lipinski definition) is 0. The fourth-order valence-corrected chi connectivity index (χ4v) is 7.26. The summed E-state index contributed by atoms with van der Waals surface area (Å²) >= 11 is 0. The molecule has 0 saturated heterocycles. The molecule has 1 fully saturated rings. The molecule has 4 aliphatic carbocycles. The highest BCUT2D eigenvalue weighted by atomic mass is 14.3. The Kier molecular flexibility index (Phi) is 6.17. The second-order valence-electron chi connectivity index (χ2n) is 11.9. The lowest BCUT2D eigenvalue weighted by Gasteiger charge is -2.32. The van der Waals surface area contributed by atoms with Crippen LogP contribution in [0.2, 0.25) is 0 Å².